The van der Waals surface area contributed by atoms with Crippen molar-refractivity contribution in [3.8, 4) is 17.2 Å². The quantitative estimate of drug-likeness (QED) is 0.368. The van der Waals surface area contributed by atoms with Gasteiger partial charge < -0.3 is 14.6 Å². The minimum absolute atomic E-state index is 0.204. The number of ether oxygens (including phenoxy) is 2. The summed E-state index contributed by atoms with van der Waals surface area (Å²) in [4.78, 5) is 0. The van der Waals surface area contributed by atoms with Crippen LogP contribution in [0.4, 0.5) is 0 Å². The first-order valence-electron chi connectivity index (χ1n) is 8.93. The summed E-state index contributed by atoms with van der Waals surface area (Å²) in [6, 6.07) is 21.5. The zero-order chi connectivity index (χ0) is 20.1. The van der Waals surface area contributed by atoms with Gasteiger partial charge in [0, 0.05) is 5.41 Å². The van der Waals surface area contributed by atoms with Gasteiger partial charge in [-0.15, -0.1) is 0 Å². The van der Waals surface area contributed by atoms with Gasteiger partial charge in [-0.3, -0.25) is 0 Å². The molecule has 1 N–H and O–H groups in total. The van der Waals surface area contributed by atoms with Crippen LogP contribution in [0.15, 0.2) is 75.7 Å². The van der Waals surface area contributed by atoms with Crippen molar-refractivity contribution in [2.75, 3.05) is 6.61 Å². The molecule has 3 nitrogen and oxygen atoms in total. The average molecular weight is 506 g/mol. The minimum atomic E-state index is -0.211. The van der Waals surface area contributed by atoms with Gasteiger partial charge in [0.25, 0.3) is 0 Å². The third kappa shape index (κ3) is 5.37. The first-order valence-corrected chi connectivity index (χ1v) is 10.5. The van der Waals surface area contributed by atoms with Crippen LogP contribution in [0.3, 0.4) is 0 Å². The van der Waals surface area contributed by atoms with Crippen molar-refractivity contribution in [1.29, 1.82) is 0 Å². The fourth-order valence-corrected chi connectivity index (χ4v) is 3.97. The Balaban J connectivity index is 1.62. The summed E-state index contributed by atoms with van der Waals surface area (Å²) < 4.78 is 13.2. The topological polar surface area (TPSA) is 38.7 Å². The number of hydrogen-bond acceptors (Lipinski definition) is 3. The van der Waals surface area contributed by atoms with E-state index in [0.29, 0.717) is 22.2 Å². The number of aromatic hydroxyl groups is 1. The van der Waals surface area contributed by atoms with Crippen LogP contribution in [0.5, 0.6) is 17.2 Å². The number of rotatable bonds is 7. The summed E-state index contributed by atoms with van der Waals surface area (Å²) in [6.45, 7) is 5.27. The molecule has 3 rings (SSSR count). The first-order chi connectivity index (χ1) is 13.3. The predicted octanol–water partition coefficient (Wildman–Crippen LogP) is 7.20. The van der Waals surface area contributed by atoms with E-state index in [0.717, 1.165) is 22.6 Å². The van der Waals surface area contributed by atoms with Crippen LogP contribution in [-0.4, -0.2) is 11.7 Å². The van der Waals surface area contributed by atoms with Crippen molar-refractivity contribution < 1.29 is 14.6 Å². The maximum absolute atomic E-state index is 9.92. The van der Waals surface area contributed by atoms with Crippen molar-refractivity contribution in [1.82, 2.24) is 0 Å². The van der Waals surface area contributed by atoms with Gasteiger partial charge in [-0.2, -0.15) is 0 Å². The van der Waals surface area contributed by atoms with Crippen LogP contribution >= 0.6 is 31.9 Å². The maximum Gasteiger partial charge on any atom is 0.143 e. The van der Waals surface area contributed by atoms with E-state index in [1.54, 1.807) is 0 Å². The number of phenolic OH excluding ortho intramolecular Hbond substituents is 1. The third-order valence-corrected chi connectivity index (χ3v) is 5.62. The van der Waals surface area contributed by atoms with Gasteiger partial charge in [-0.1, -0.05) is 44.2 Å². The Morgan fingerprint density at radius 1 is 0.857 bits per heavy atom. The molecule has 5 heteroatoms. The summed E-state index contributed by atoms with van der Waals surface area (Å²) in [5.74, 6) is 1.80. The van der Waals surface area contributed by atoms with E-state index in [1.807, 2.05) is 66.7 Å². The number of hydrogen-bond donors (Lipinski definition) is 1. The summed E-state index contributed by atoms with van der Waals surface area (Å²) >= 11 is 6.79. The normalized spacial score (nSPS) is 11.4. The van der Waals surface area contributed by atoms with E-state index in [1.165, 1.54) is 0 Å². The molecule has 0 amide bonds. The Bertz CT molecular complexity index is 917. The van der Waals surface area contributed by atoms with Crippen LogP contribution in [0.2, 0.25) is 0 Å². The second-order valence-corrected chi connectivity index (χ2v) is 8.94. The lowest BCUT2D eigenvalue weighted by Gasteiger charge is -2.26. The second-order valence-electron chi connectivity index (χ2n) is 7.23. The molecule has 3 aromatic carbocycles. The van der Waals surface area contributed by atoms with Gasteiger partial charge in [-0.05, 0) is 79.4 Å². The SMILES string of the molecule is CC(C)(COCc1cccc(Oc2ccccc2)c1)c1cc(Br)c(O)c(Br)c1. The molecule has 0 bridgehead atoms. The second kappa shape index (κ2) is 9.12. The Kier molecular flexibility index (Phi) is 6.81. The van der Waals surface area contributed by atoms with E-state index in [2.05, 4.69) is 45.7 Å². The van der Waals surface area contributed by atoms with Gasteiger partial charge in [-0.25, -0.2) is 0 Å². The van der Waals surface area contributed by atoms with Crippen LogP contribution in [-0.2, 0) is 16.8 Å². The smallest absolute Gasteiger partial charge is 0.143 e. The van der Waals surface area contributed by atoms with Crippen molar-refractivity contribution in [2.24, 2.45) is 0 Å². The maximum atomic E-state index is 9.92. The standard InChI is InChI=1S/C23H22Br2O3/c1-23(2,17-12-20(24)22(26)21(25)13-17)15-27-14-16-7-6-10-19(11-16)28-18-8-4-3-5-9-18/h3-13,26H,14-15H2,1-2H3. The number of para-hydroxylation sites is 1. The fourth-order valence-electron chi connectivity index (χ4n) is 2.79. The summed E-state index contributed by atoms with van der Waals surface area (Å²) in [7, 11) is 0. The van der Waals surface area contributed by atoms with Gasteiger partial charge in [0.1, 0.15) is 17.2 Å². The third-order valence-electron chi connectivity index (χ3n) is 4.41. The summed E-state index contributed by atoms with van der Waals surface area (Å²) in [5, 5.41) is 9.92. The molecule has 3 aromatic rings. The van der Waals surface area contributed by atoms with Crippen molar-refractivity contribution in [3.05, 3.63) is 86.8 Å². The van der Waals surface area contributed by atoms with Gasteiger partial charge in [0.2, 0.25) is 0 Å². The predicted molar refractivity (Wildman–Crippen MR) is 119 cm³/mol. The highest BCUT2D eigenvalue weighted by Crippen LogP contribution is 2.37. The Labute approximate surface area is 182 Å². The molecule has 0 saturated carbocycles. The highest BCUT2D eigenvalue weighted by Gasteiger charge is 2.23. The molecule has 0 radical (unpaired) electrons. The van der Waals surface area contributed by atoms with Crippen LogP contribution in [0.1, 0.15) is 25.0 Å². The molecular weight excluding hydrogens is 484 g/mol. The summed E-state index contributed by atoms with van der Waals surface area (Å²) in [5.41, 5.74) is 1.92. The molecular formula is C23H22Br2O3. The Morgan fingerprint density at radius 3 is 2.18 bits per heavy atom. The first kappa shape index (κ1) is 20.9. The van der Waals surface area contributed by atoms with E-state index < -0.39 is 0 Å². The largest absolute Gasteiger partial charge is 0.506 e. The number of benzene rings is 3. The van der Waals surface area contributed by atoms with Crippen molar-refractivity contribution in [3.63, 3.8) is 0 Å². The van der Waals surface area contributed by atoms with E-state index in [4.69, 9.17) is 9.47 Å². The molecule has 0 unspecified atom stereocenters. The molecule has 0 aromatic heterocycles. The Morgan fingerprint density at radius 2 is 1.50 bits per heavy atom. The molecule has 0 spiro atoms. The number of phenols is 1. The van der Waals surface area contributed by atoms with E-state index in [9.17, 15) is 5.11 Å². The zero-order valence-electron chi connectivity index (χ0n) is 15.8. The monoisotopic (exact) mass is 504 g/mol. The molecule has 0 atom stereocenters. The van der Waals surface area contributed by atoms with Gasteiger partial charge in [0.15, 0.2) is 0 Å². The van der Waals surface area contributed by atoms with Crippen LogP contribution in [0.25, 0.3) is 0 Å². The molecule has 0 saturated heterocycles. The average Bonchev–Trinajstić information content (AvgIpc) is 2.66. The van der Waals surface area contributed by atoms with Gasteiger partial charge in [0.05, 0.1) is 22.2 Å². The molecule has 0 aliphatic heterocycles. The van der Waals surface area contributed by atoms with Crippen LogP contribution < -0.4 is 4.74 Å². The lowest BCUT2D eigenvalue weighted by Crippen LogP contribution is -2.24. The molecule has 0 fully saturated rings. The van der Waals surface area contributed by atoms with Gasteiger partial charge >= 0.3 is 0 Å². The number of halogens is 2. The summed E-state index contributed by atoms with van der Waals surface area (Å²) in [6.07, 6.45) is 0. The minimum Gasteiger partial charge on any atom is -0.506 e. The molecule has 28 heavy (non-hydrogen) atoms. The fraction of sp³-hybridized carbons (Fsp3) is 0.217. The van der Waals surface area contributed by atoms with Crippen molar-refractivity contribution >= 4 is 31.9 Å². The molecule has 0 aliphatic carbocycles. The van der Waals surface area contributed by atoms with Crippen molar-refractivity contribution in [2.45, 2.75) is 25.9 Å². The molecule has 0 heterocycles. The van der Waals surface area contributed by atoms with E-state index >= 15 is 0 Å². The highest BCUT2D eigenvalue weighted by atomic mass is 79.9. The Hall–Kier alpha value is -1.82. The zero-order valence-corrected chi connectivity index (χ0v) is 19.0. The highest BCUT2D eigenvalue weighted by molar-refractivity contribution is 9.11. The van der Waals surface area contributed by atoms with E-state index in [-0.39, 0.29) is 11.2 Å². The van der Waals surface area contributed by atoms with Crippen LogP contribution in [0, 0.1) is 0 Å². The molecule has 146 valence electrons. The lowest BCUT2D eigenvalue weighted by atomic mass is 9.85. The lowest BCUT2D eigenvalue weighted by molar-refractivity contribution is 0.0823. The molecule has 0 aliphatic rings.